The zero-order chi connectivity index (χ0) is 22.8. The van der Waals surface area contributed by atoms with Gasteiger partial charge in [0.15, 0.2) is 0 Å². The number of carbonyl (C=O) groups is 3. The second-order valence-electron chi connectivity index (χ2n) is 8.15. The number of nitrogens with zero attached hydrogens (tertiary/aromatic N) is 2. The molecule has 3 amide bonds. The lowest BCUT2D eigenvalue weighted by molar-refractivity contribution is -0.122. The molecule has 1 saturated heterocycles. The van der Waals surface area contributed by atoms with Crippen LogP contribution >= 0.6 is 0 Å². The van der Waals surface area contributed by atoms with Crippen LogP contribution in [0.5, 0.6) is 0 Å². The van der Waals surface area contributed by atoms with Gasteiger partial charge in [0.2, 0.25) is 11.8 Å². The van der Waals surface area contributed by atoms with Gasteiger partial charge in [-0.1, -0.05) is 24.3 Å². The van der Waals surface area contributed by atoms with E-state index >= 15 is 0 Å². The summed E-state index contributed by atoms with van der Waals surface area (Å²) in [5.74, 6) is -1.02. The van der Waals surface area contributed by atoms with E-state index in [0.717, 1.165) is 22.6 Å². The summed E-state index contributed by atoms with van der Waals surface area (Å²) in [5, 5.41) is 2.86. The number of amides is 3. The minimum Gasteiger partial charge on any atom is -0.326 e. The predicted molar refractivity (Wildman–Crippen MR) is 124 cm³/mol. The lowest BCUT2D eigenvalue weighted by Crippen LogP contribution is -2.28. The van der Waals surface area contributed by atoms with Crippen molar-refractivity contribution in [2.24, 2.45) is 5.92 Å². The Morgan fingerprint density at radius 3 is 2.38 bits per heavy atom. The number of carbonyl (C=O) groups excluding carboxylic acids is 3. The van der Waals surface area contributed by atoms with Gasteiger partial charge in [0.25, 0.3) is 5.91 Å². The molecule has 0 bridgehead atoms. The number of anilines is 2. The molecule has 164 valence electrons. The summed E-state index contributed by atoms with van der Waals surface area (Å²) in [6.45, 7) is 6.10. The van der Waals surface area contributed by atoms with Gasteiger partial charge >= 0.3 is 0 Å². The van der Waals surface area contributed by atoms with Crippen molar-refractivity contribution in [2.45, 2.75) is 27.2 Å². The maximum Gasteiger partial charge on any atom is 0.270 e. The number of aryl methyl sites for hydroxylation is 3. The molecule has 2 heterocycles. The molecule has 1 atom stereocenters. The van der Waals surface area contributed by atoms with E-state index in [1.807, 2.05) is 57.2 Å². The summed E-state index contributed by atoms with van der Waals surface area (Å²) in [5.41, 5.74) is 7.48. The summed E-state index contributed by atoms with van der Waals surface area (Å²) in [6.07, 6.45) is 0.159. The quantitative estimate of drug-likeness (QED) is 0.646. The average molecular weight is 431 g/mol. The molecule has 1 aliphatic rings. The molecule has 32 heavy (non-hydrogen) atoms. The third-order valence-corrected chi connectivity index (χ3v) is 5.78. The largest absolute Gasteiger partial charge is 0.326 e. The second-order valence-corrected chi connectivity index (χ2v) is 8.15. The number of nitrogens with one attached hydrogen (secondary N) is 2. The summed E-state index contributed by atoms with van der Waals surface area (Å²) in [7, 11) is 0. The van der Waals surface area contributed by atoms with Gasteiger partial charge in [-0.2, -0.15) is 0 Å². The third-order valence-electron chi connectivity index (χ3n) is 5.78. The standard InChI is InChI=1S/C25H26N4O3/c1-16-7-4-5-10-22(16)28-15-20(14-23(28)30)24(31)26-21-9-6-8-19(13-21)25(32)27-29-17(2)11-12-18(29)3/h4-13,20H,14-15H2,1-3H3,(H,26,31)(H,27,32)/t20-/m0/s1. The van der Waals surface area contributed by atoms with Crippen LogP contribution in [0.1, 0.15) is 33.7 Å². The van der Waals surface area contributed by atoms with Crippen LogP contribution in [0.3, 0.4) is 0 Å². The molecular formula is C25H26N4O3. The number of rotatable bonds is 5. The first kappa shape index (κ1) is 21.4. The molecule has 2 N–H and O–H groups in total. The number of para-hydroxylation sites is 1. The predicted octanol–water partition coefficient (Wildman–Crippen LogP) is 3.79. The number of aromatic nitrogens is 1. The van der Waals surface area contributed by atoms with Gasteiger partial charge in [-0.25, -0.2) is 0 Å². The molecule has 7 heteroatoms. The number of hydrogen-bond donors (Lipinski definition) is 2. The van der Waals surface area contributed by atoms with Crippen molar-refractivity contribution in [1.82, 2.24) is 4.68 Å². The smallest absolute Gasteiger partial charge is 0.270 e. The van der Waals surface area contributed by atoms with E-state index in [-0.39, 0.29) is 24.1 Å². The summed E-state index contributed by atoms with van der Waals surface area (Å²) < 4.78 is 1.72. The SMILES string of the molecule is Cc1ccccc1N1C[C@@H](C(=O)Nc2cccc(C(=O)Nn3c(C)ccc3C)c2)CC1=O. The maximum absolute atomic E-state index is 12.9. The molecule has 0 unspecified atom stereocenters. The minimum absolute atomic E-state index is 0.0648. The first-order valence-electron chi connectivity index (χ1n) is 10.6. The van der Waals surface area contributed by atoms with Crippen molar-refractivity contribution in [1.29, 1.82) is 0 Å². The highest BCUT2D eigenvalue weighted by molar-refractivity contribution is 6.05. The fraction of sp³-hybridized carbons (Fsp3) is 0.240. The highest BCUT2D eigenvalue weighted by Crippen LogP contribution is 2.28. The summed E-state index contributed by atoms with van der Waals surface area (Å²) in [4.78, 5) is 39.8. The Kier molecular flexibility index (Phi) is 5.81. The van der Waals surface area contributed by atoms with E-state index in [1.165, 1.54) is 0 Å². The monoisotopic (exact) mass is 430 g/mol. The van der Waals surface area contributed by atoms with Crippen LogP contribution in [-0.2, 0) is 9.59 Å². The molecule has 0 radical (unpaired) electrons. The van der Waals surface area contributed by atoms with Crippen LogP contribution in [-0.4, -0.2) is 28.9 Å². The van der Waals surface area contributed by atoms with Crippen LogP contribution in [0.15, 0.2) is 60.7 Å². The average Bonchev–Trinajstić information content (AvgIpc) is 3.31. The van der Waals surface area contributed by atoms with E-state index in [2.05, 4.69) is 10.7 Å². The van der Waals surface area contributed by atoms with Gasteiger partial charge in [-0.3, -0.25) is 24.5 Å². The molecule has 4 rings (SSSR count). The van der Waals surface area contributed by atoms with Crippen molar-refractivity contribution in [3.05, 3.63) is 83.2 Å². The van der Waals surface area contributed by atoms with Gasteiger partial charge in [0.05, 0.1) is 5.92 Å². The third kappa shape index (κ3) is 4.27. The Balaban J connectivity index is 1.43. The highest BCUT2D eigenvalue weighted by atomic mass is 16.2. The highest BCUT2D eigenvalue weighted by Gasteiger charge is 2.35. The fourth-order valence-electron chi connectivity index (χ4n) is 3.98. The van der Waals surface area contributed by atoms with Gasteiger partial charge in [-0.15, -0.1) is 0 Å². The fourth-order valence-corrected chi connectivity index (χ4v) is 3.98. The molecule has 3 aromatic rings. The summed E-state index contributed by atoms with van der Waals surface area (Å²) >= 11 is 0. The van der Waals surface area contributed by atoms with Gasteiger partial charge in [0.1, 0.15) is 0 Å². The van der Waals surface area contributed by atoms with Crippen LogP contribution in [0.25, 0.3) is 0 Å². The van der Waals surface area contributed by atoms with Crippen molar-refractivity contribution in [3.8, 4) is 0 Å². The van der Waals surface area contributed by atoms with E-state index in [4.69, 9.17) is 0 Å². The first-order chi connectivity index (χ1) is 15.3. The Hall–Kier alpha value is -3.87. The lowest BCUT2D eigenvalue weighted by atomic mass is 10.1. The lowest BCUT2D eigenvalue weighted by Gasteiger charge is -2.19. The first-order valence-corrected chi connectivity index (χ1v) is 10.6. The molecule has 2 aromatic carbocycles. The van der Waals surface area contributed by atoms with Crippen molar-refractivity contribution >= 4 is 29.1 Å². The van der Waals surface area contributed by atoms with Gasteiger partial charge in [-0.05, 0) is 62.7 Å². The molecule has 0 aliphatic carbocycles. The van der Waals surface area contributed by atoms with Gasteiger partial charge in [0, 0.05) is 41.3 Å². The van der Waals surface area contributed by atoms with E-state index in [1.54, 1.807) is 33.8 Å². The van der Waals surface area contributed by atoms with Crippen molar-refractivity contribution < 1.29 is 14.4 Å². The zero-order valence-corrected chi connectivity index (χ0v) is 18.4. The normalized spacial score (nSPS) is 15.7. The van der Waals surface area contributed by atoms with Crippen LogP contribution < -0.4 is 15.6 Å². The van der Waals surface area contributed by atoms with Crippen LogP contribution in [0.4, 0.5) is 11.4 Å². The van der Waals surface area contributed by atoms with Gasteiger partial charge < -0.3 is 10.2 Å². The molecule has 1 aliphatic heterocycles. The molecule has 1 aromatic heterocycles. The Morgan fingerprint density at radius 2 is 1.66 bits per heavy atom. The molecule has 1 fully saturated rings. The Labute approximate surface area is 187 Å². The Bertz CT molecular complexity index is 1180. The topological polar surface area (TPSA) is 83.4 Å². The van der Waals surface area contributed by atoms with E-state index in [0.29, 0.717) is 17.8 Å². The molecule has 7 nitrogen and oxygen atoms in total. The molecular weight excluding hydrogens is 404 g/mol. The van der Waals surface area contributed by atoms with E-state index in [9.17, 15) is 14.4 Å². The number of benzene rings is 2. The second kappa shape index (κ2) is 8.70. The van der Waals surface area contributed by atoms with E-state index < -0.39 is 5.92 Å². The Morgan fingerprint density at radius 1 is 0.938 bits per heavy atom. The zero-order valence-electron chi connectivity index (χ0n) is 18.4. The van der Waals surface area contributed by atoms with Crippen molar-refractivity contribution in [2.75, 3.05) is 22.2 Å². The number of hydrogen-bond acceptors (Lipinski definition) is 3. The maximum atomic E-state index is 12.9. The van der Waals surface area contributed by atoms with Crippen LogP contribution in [0.2, 0.25) is 0 Å². The minimum atomic E-state index is -0.454. The molecule has 0 saturated carbocycles. The summed E-state index contributed by atoms with van der Waals surface area (Å²) in [6, 6.07) is 18.3. The van der Waals surface area contributed by atoms with Crippen molar-refractivity contribution in [3.63, 3.8) is 0 Å². The molecule has 0 spiro atoms. The van der Waals surface area contributed by atoms with Crippen LogP contribution in [0, 0.1) is 26.7 Å².